The van der Waals surface area contributed by atoms with Gasteiger partial charge in [0.05, 0.1) is 5.52 Å². The van der Waals surface area contributed by atoms with Crippen molar-refractivity contribution in [3.63, 3.8) is 0 Å². The Kier molecular flexibility index (Phi) is 2.95. The first-order valence-electron chi connectivity index (χ1n) is 5.30. The van der Waals surface area contributed by atoms with Crippen LogP contribution < -0.4 is 0 Å². The number of hydrogen-bond donors (Lipinski definition) is 0. The van der Waals surface area contributed by atoms with Crippen LogP contribution in [-0.4, -0.2) is 10.5 Å². The van der Waals surface area contributed by atoms with Crippen LogP contribution in [-0.2, 0) is 0 Å². The van der Waals surface area contributed by atoms with E-state index in [1.807, 2.05) is 36.4 Å². The number of rotatable bonds is 1. The van der Waals surface area contributed by atoms with Crippen LogP contribution in [0.25, 0.3) is 17.0 Å². The van der Waals surface area contributed by atoms with Crippen LogP contribution in [0.15, 0.2) is 36.0 Å². The Morgan fingerprint density at radius 1 is 1.28 bits per heavy atom. The van der Waals surface area contributed by atoms with Crippen molar-refractivity contribution in [1.82, 2.24) is 4.57 Å². The van der Waals surface area contributed by atoms with E-state index in [1.165, 1.54) is 17.6 Å². The molecule has 0 atom stereocenters. The smallest absolute Gasteiger partial charge is 0.227 e. The van der Waals surface area contributed by atoms with Crippen molar-refractivity contribution in [2.24, 2.45) is 0 Å². The highest BCUT2D eigenvalue weighted by atomic mass is 16.1. The first-order valence-corrected chi connectivity index (χ1v) is 5.30. The third-order valence-electron chi connectivity index (χ3n) is 2.62. The summed E-state index contributed by atoms with van der Waals surface area (Å²) in [5, 5.41) is 18.4. The summed E-state index contributed by atoms with van der Waals surface area (Å²) in [7, 11) is 0. The van der Waals surface area contributed by atoms with Gasteiger partial charge in [-0.25, -0.2) is 0 Å². The summed E-state index contributed by atoms with van der Waals surface area (Å²) in [4.78, 5) is 11.5. The fourth-order valence-electron chi connectivity index (χ4n) is 1.83. The van der Waals surface area contributed by atoms with Gasteiger partial charge in [0.1, 0.15) is 17.7 Å². The second-order valence-corrected chi connectivity index (χ2v) is 3.77. The minimum atomic E-state index is -0.110. The number of aromatic nitrogens is 1. The number of allylic oxidation sites excluding steroid dienone is 1. The molecule has 0 aliphatic carbocycles. The molecule has 0 N–H and O–H groups in total. The minimum absolute atomic E-state index is 0.0152. The molecule has 0 unspecified atom stereocenters. The molecular formula is C14H9N3O. The summed E-state index contributed by atoms with van der Waals surface area (Å²) < 4.78 is 1.51. The molecule has 0 fully saturated rings. The van der Waals surface area contributed by atoms with Gasteiger partial charge < -0.3 is 0 Å². The number of carbonyl (C=O) groups excluding carboxylic acids is 1. The van der Waals surface area contributed by atoms with Gasteiger partial charge in [-0.15, -0.1) is 0 Å². The second kappa shape index (κ2) is 4.57. The fourth-order valence-corrected chi connectivity index (χ4v) is 1.83. The lowest BCUT2D eigenvalue weighted by atomic mass is 10.1. The lowest BCUT2D eigenvalue weighted by Gasteiger charge is -1.96. The van der Waals surface area contributed by atoms with Crippen LogP contribution in [0.1, 0.15) is 17.3 Å². The molecule has 4 nitrogen and oxygen atoms in total. The van der Waals surface area contributed by atoms with Crippen molar-refractivity contribution in [2.75, 3.05) is 0 Å². The average Bonchev–Trinajstić information content (AvgIpc) is 2.75. The predicted molar refractivity (Wildman–Crippen MR) is 67.4 cm³/mol. The Labute approximate surface area is 104 Å². The number of para-hydroxylation sites is 1. The molecule has 0 aliphatic heterocycles. The van der Waals surface area contributed by atoms with Crippen LogP contribution >= 0.6 is 0 Å². The molecule has 2 rings (SSSR count). The highest BCUT2D eigenvalue weighted by molar-refractivity contribution is 5.97. The highest BCUT2D eigenvalue weighted by Gasteiger charge is 2.09. The fraction of sp³-hybridized carbons (Fsp3) is 0.0714. The Morgan fingerprint density at radius 3 is 2.56 bits per heavy atom. The molecule has 4 heteroatoms. The van der Waals surface area contributed by atoms with E-state index in [0.717, 1.165) is 10.9 Å². The van der Waals surface area contributed by atoms with Crippen molar-refractivity contribution in [1.29, 1.82) is 10.5 Å². The lowest BCUT2D eigenvalue weighted by molar-refractivity contribution is 0.0941. The SMILES string of the molecule is CC(=O)n1cc(C=C(C#N)C#N)c2ccccc21. The molecule has 0 aliphatic rings. The topological polar surface area (TPSA) is 69.6 Å². The number of benzene rings is 1. The second-order valence-electron chi connectivity index (χ2n) is 3.77. The maximum Gasteiger partial charge on any atom is 0.227 e. The van der Waals surface area contributed by atoms with Gasteiger partial charge in [-0.2, -0.15) is 10.5 Å². The predicted octanol–water partition coefficient (Wildman–Crippen LogP) is 2.73. The van der Waals surface area contributed by atoms with Crippen molar-refractivity contribution in [2.45, 2.75) is 6.92 Å². The van der Waals surface area contributed by atoms with Crippen LogP contribution in [0, 0.1) is 22.7 Å². The van der Waals surface area contributed by atoms with Gasteiger partial charge in [-0.3, -0.25) is 9.36 Å². The molecule has 1 aromatic heterocycles. The molecule has 0 saturated carbocycles. The van der Waals surface area contributed by atoms with E-state index in [4.69, 9.17) is 10.5 Å². The van der Waals surface area contributed by atoms with Crippen molar-refractivity contribution >= 4 is 22.9 Å². The largest absolute Gasteiger partial charge is 0.287 e. The first kappa shape index (κ1) is 11.6. The maximum absolute atomic E-state index is 11.5. The van der Waals surface area contributed by atoms with E-state index < -0.39 is 0 Å². The summed E-state index contributed by atoms with van der Waals surface area (Å²) in [6, 6.07) is 11.0. The molecule has 0 saturated heterocycles. The van der Waals surface area contributed by atoms with E-state index >= 15 is 0 Å². The summed E-state index contributed by atoms with van der Waals surface area (Å²) in [5.74, 6) is -0.110. The summed E-state index contributed by atoms with van der Waals surface area (Å²) in [5.41, 5.74) is 1.48. The molecule has 86 valence electrons. The van der Waals surface area contributed by atoms with Gasteiger partial charge in [0.25, 0.3) is 0 Å². The van der Waals surface area contributed by atoms with Gasteiger partial charge in [0.2, 0.25) is 5.91 Å². The Morgan fingerprint density at radius 2 is 1.94 bits per heavy atom. The van der Waals surface area contributed by atoms with Crippen LogP contribution in [0.3, 0.4) is 0 Å². The minimum Gasteiger partial charge on any atom is -0.287 e. The van der Waals surface area contributed by atoms with Crippen molar-refractivity contribution in [3.05, 3.63) is 41.6 Å². The van der Waals surface area contributed by atoms with Gasteiger partial charge in [-0.1, -0.05) is 18.2 Å². The Bertz CT molecular complexity index is 722. The molecule has 1 aromatic carbocycles. The van der Waals surface area contributed by atoms with Crippen LogP contribution in [0.4, 0.5) is 0 Å². The molecule has 0 radical (unpaired) electrons. The van der Waals surface area contributed by atoms with Gasteiger partial charge >= 0.3 is 0 Å². The molecule has 2 aromatic rings. The van der Waals surface area contributed by atoms with E-state index in [-0.39, 0.29) is 11.5 Å². The first-order chi connectivity index (χ1) is 8.67. The van der Waals surface area contributed by atoms with E-state index in [1.54, 1.807) is 6.20 Å². The monoisotopic (exact) mass is 235 g/mol. The number of nitriles is 2. The summed E-state index contributed by atoms with van der Waals surface area (Å²) in [6.45, 7) is 1.47. The lowest BCUT2D eigenvalue weighted by Crippen LogP contribution is -2.02. The normalized spacial score (nSPS) is 9.50. The highest BCUT2D eigenvalue weighted by Crippen LogP contribution is 2.23. The van der Waals surface area contributed by atoms with Gasteiger partial charge in [-0.05, 0) is 12.1 Å². The van der Waals surface area contributed by atoms with Gasteiger partial charge in [0, 0.05) is 24.1 Å². The number of carbonyl (C=O) groups is 1. The van der Waals surface area contributed by atoms with Crippen LogP contribution in [0.5, 0.6) is 0 Å². The van der Waals surface area contributed by atoms with E-state index in [9.17, 15) is 4.79 Å². The molecular weight excluding hydrogens is 226 g/mol. The summed E-state index contributed by atoms with van der Waals surface area (Å²) in [6.07, 6.45) is 3.13. The number of fused-ring (bicyclic) bond motifs is 1. The molecule has 0 spiro atoms. The maximum atomic E-state index is 11.5. The van der Waals surface area contributed by atoms with Crippen molar-refractivity contribution in [3.8, 4) is 12.1 Å². The Hall–Kier alpha value is -2.85. The van der Waals surface area contributed by atoms with Crippen molar-refractivity contribution < 1.29 is 4.79 Å². The molecule has 18 heavy (non-hydrogen) atoms. The standard InChI is InChI=1S/C14H9N3O/c1-10(18)17-9-12(6-11(7-15)8-16)13-4-2-3-5-14(13)17/h2-6,9H,1H3. The van der Waals surface area contributed by atoms with E-state index in [0.29, 0.717) is 5.56 Å². The zero-order valence-electron chi connectivity index (χ0n) is 9.71. The zero-order valence-corrected chi connectivity index (χ0v) is 9.71. The number of nitrogens with zero attached hydrogens (tertiary/aromatic N) is 3. The third-order valence-corrected chi connectivity index (χ3v) is 2.62. The van der Waals surface area contributed by atoms with Crippen LogP contribution in [0.2, 0.25) is 0 Å². The number of hydrogen-bond acceptors (Lipinski definition) is 3. The Balaban J connectivity index is 2.75. The quantitative estimate of drug-likeness (QED) is 0.713. The summed E-state index contributed by atoms with van der Waals surface area (Å²) >= 11 is 0. The molecule has 1 heterocycles. The average molecular weight is 235 g/mol. The molecule has 0 bridgehead atoms. The van der Waals surface area contributed by atoms with E-state index in [2.05, 4.69) is 0 Å². The molecule has 0 amide bonds. The zero-order chi connectivity index (χ0) is 13.1. The van der Waals surface area contributed by atoms with Gasteiger partial charge in [0.15, 0.2) is 0 Å². The third kappa shape index (κ3) is 1.88.